The van der Waals surface area contributed by atoms with Crippen molar-refractivity contribution in [3.63, 3.8) is 0 Å². The number of carbonyl (C=O) groups is 1. The fourth-order valence-electron chi connectivity index (χ4n) is 4.21. The van der Waals surface area contributed by atoms with Crippen LogP contribution in [-0.4, -0.2) is 43.0 Å². The van der Waals surface area contributed by atoms with Gasteiger partial charge in [0.2, 0.25) is 10.0 Å². The summed E-state index contributed by atoms with van der Waals surface area (Å²) in [5.41, 5.74) is 11.8. The number of aromatic nitrogens is 1. The Labute approximate surface area is 200 Å². The maximum atomic E-state index is 13.1. The number of nitrogen functional groups attached to an aromatic ring is 1. The van der Waals surface area contributed by atoms with Crippen LogP contribution in [0, 0.1) is 0 Å². The predicted octanol–water partition coefficient (Wildman–Crippen LogP) is 4.71. The van der Waals surface area contributed by atoms with E-state index in [9.17, 15) is 13.2 Å². The highest BCUT2D eigenvalue weighted by molar-refractivity contribution is 7.89. The molecule has 1 aliphatic heterocycles. The Morgan fingerprint density at radius 1 is 1.15 bits per heavy atom. The molecule has 2 aromatic rings. The van der Waals surface area contributed by atoms with Crippen LogP contribution in [0.15, 0.2) is 29.3 Å². The maximum absolute atomic E-state index is 13.1. The SMILES string of the molecule is CC(C)OC(N)=O.Nc1ccc(-c2cnc(C3CCCCC3)s2)c(S(=O)(=O)N2CCCC2)c1. The topological polar surface area (TPSA) is 129 Å². The first kappa shape index (κ1) is 25.5. The number of anilines is 1. The number of thiazole rings is 1. The summed E-state index contributed by atoms with van der Waals surface area (Å²) in [5.74, 6) is 0.523. The van der Waals surface area contributed by atoms with Gasteiger partial charge in [-0.3, -0.25) is 0 Å². The summed E-state index contributed by atoms with van der Waals surface area (Å²) in [6.45, 7) is 4.66. The third-order valence-corrected chi connectivity index (χ3v) is 8.92. The average Bonchev–Trinajstić information content (AvgIpc) is 3.47. The first-order valence-corrected chi connectivity index (χ1v) is 13.8. The van der Waals surface area contributed by atoms with Gasteiger partial charge in [0.1, 0.15) is 0 Å². The van der Waals surface area contributed by atoms with Gasteiger partial charge in [0.15, 0.2) is 0 Å². The molecule has 8 nitrogen and oxygen atoms in total. The average molecular weight is 495 g/mol. The Morgan fingerprint density at radius 2 is 1.82 bits per heavy atom. The summed E-state index contributed by atoms with van der Waals surface area (Å²) in [5, 5.41) is 1.14. The van der Waals surface area contributed by atoms with Gasteiger partial charge in [-0.05, 0) is 51.7 Å². The number of primary amides is 1. The number of carbonyl (C=O) groups excluding carboxylic acids is 1. The molecule has 0 radical (unpaired) electrons. The van der Waals surface area contributed by atoms with Crippen molar-refractivity contribution in [3.05, 3.63) is 29.4 Å². The lowest BCUT2D eigenvalue weighted by atomic mass is 9.90. The van der Waals surface area contributed by atoms with Gasteiger partial charge in [-0.1, -0.05) is 25.3 Å². The number of hydrogen-bond donors (Lipinski definition) is 2. The Bertz CT molecular complexity index is 1040. The zero-order chi connectivity index (χ0) is 24.0. The second-order valence-electron chi connectivity index (χ2n) is 8.75. The first-order valence-electron chi connectivity index (χ1n) is 11.5. The molecule has 2 aliphatic rings. The third kappa shape index (κ3) is 6.68. The minimum absolute atomic E-state index is 0.0995. The van der Waals surface area contributed by atoms with E-state index in [1.165, 1.54) is 32.1 Å². The fourth-order valence-corrected chi connectivity index (χ4v) is 7.16. The lowest BCUT2D eigenvalue weighted by molar-refractivity contribution is 0.125. The molecule has 1 saturated carbocycles. The zero-order valence-corrected chi connectivity index (χ0v) is 21.0. The molecule has 4 rings (SSSR count). The second kappa shape index (κ2) is 11.3. The monoisotopic (exact) mass is 494 g/mol. The quantitative estimate of drug-likeness (QED) is 0.579. The summed E-state index contributed by atoms with van der Waals surface area (Å²) >= 11 is 1.64. The van der Waals surface area contributed by atoms with Crippen molar-refractivity contribution in [2.75, 3.05) is 18.8 Å². The molecule has 0 bridgehead atoms. The smallest absolute Gasteiger partial charge is 0.404 e. The number of nitrogens with two attached hydrogens (primary N) is 2. The van der Waals surface area contributed by atoms with Crippen molar-refractivity contribution < 1.29 is 17.9 Å². The van der Waals surface area contributed by atoms with Gasteiger partial charge in [0, 0.05) is 36.5 Å². The lowest BCUT2D eigenvalue weighted by Gasteiger charge is -2.19. The summed E-state index contributed by atoms with van der Waals surface area (Å²) in [6.07, 6.45) is 9.07. The number of ether oxygens (including phenoxy) is 1. The molecule has 1 aromatic heterocycles. The van der Waals surface area contributed by atoms with E-state index in [0.717, 1.165) is 28.3 Å². The van der Waals surface area contributed by atoms with Crippen molar-refractivity contribution in [3.8, 4) is 10.4 Å². The second-order valence-corrected chi connectivity index (χ2v) is 11.7. The van der Waals surface area contributed by atoms with E-state index in [0.29, 0.717) is 29.6 Å². The fraction of sp³-hybridized carbons (Fsp3) is 0.565. The largest absolute Gasteiger partial charge is 0.447 e. The standard InChI is InChI=1S/C19H25N3O2S2.C4H9NO2/c20-15-8-9-16(18(12-15)26(23,24)22-10-4-5-11-22)17-13-21-19(25-17)14-6-2-1-3-7-14;1-3(2)7-4(5)6/h8-9,12-14H,1-7,10-11,20H2;3H,1-2H3,(H2,5,6). The molecule has 0 atom stereocenters. The highest BCUT2D eigenvalue weighted by Gasteiger charge is 2.30. The van der Waals surface area contributed by atoms with E-state index in [-0.39, 0.29) is 6.10 Å². The molecular weight excluding hydrogens is 460 g/mol. The summed E-state index contributed by atoms with van der Waals surface area (Å²) < 4.78 is 32.3. The molecule has 2 heterocycles. The van der Waals surface area contributed by atoms with Crippen molar-refractivity contribution in [2.24, 2.45) is 5.73 Å². The van der Waals surface area contributed by atoms with E-state index in [1.54, 1.807) is 41.6 Å². The van der Waals surface area contributed by atoms with Gasteiger partial charge < -0.3 is 16.2 Å². The van der Waals surface area contributed by atoms with E-state index in [2.05, 4.69) is 15.5 Å². The van der Waals surface area contributed by atoms with Crippen LogP contribution < -0.4 is 11.5 Å². The normalized spacial score (nSPS) is 17.5. The molecule has 0 spiro atoms. The molecule has 33 heavy (non-hydrogen) atoms. The Kier molecular flexibility index (Phi) is 8.72. The van der Waals surface area contributed by atoms with E-state index < -0.39 is 16.1 Å². The van der Waals surface area contributed by atoms with Crippen molar-refractivity contribution in [1.82, 2.24) is 9.29 Å². The van der Waals surface area contributed by atoms with Crippen molar-refractivity contribution >= 4 is 33.1 Å². The van der Waals surface area contributed by atoms with Gasteiger partial charge in [0.05, 0.1) is 20.9 Å². The van der Waals surface area contributed by atoms with Crippen molar-refractivity contribution in [1.29, 1.82) is 0 Å². The zero-order valence-electron chi connectivity index (χ0n) is 19.3. The van der Waals surface area contributed by atoms with Crippen LogP contribution >= 0.6 is 11.3 Å². The number of amides is 1. The molecule has 10 heteroatoms. The minimum atomic E-state index is -3.52. The number of hydrogen-bond acceptors (Lipinski definition) is 7. The van der Waals surface area contributed by atoms with Gasteiger partial charge in [0.25, 0.3) is 0 Å². The predicted molar refractivity (Wildman–Crippen MR) is 132 cm³/mol. The Hall–Kier alpha value is -2.17. The van der Waals surface area contributed by atoms with Crippen LogP contribution in [0.2, 0.25) is 0 Å². The Balaban J connectivity index is 0.000000383. The molecule has 1 aliphatic carbocycles. The molecular formula is C23H34N4O4S2. The van der Waals surface area contributed by atoms with E-state index in [1.807, 2.05) is 12.3 Å². The third-order valence-electron chi connectivity index (χ3n) is 5.78. The number of sulfonamides is 1. The summed E-state index contributed by atoms with van der Waals surface area (Å²) in [7, 11) is -3.52. The van der Waals surface area contributed by atoms with Gasteiger partial charge in [-0.2, -0.15) is 4.31 Å². The van der Waals surface area contributed by atoms with Gasteiger partial charge in [-0.15, -0.1) is 11.3 Å². The van der Waals surface area contributed by atoms with Gasteiger partial charge >= 0.3 is 6.09 Å². The highest BCUT2D eigenvalue weighted by atomic mass is 32.2. The number of rotatable bonds is 5. The van der Waals surface area contributed by atoms with E-state index in [4.69, 9.17) is 5.73 Å². The van der Waals surface area contributed by atoms with E-state index >= 15 is 0 Å². The van der Waals surface area contributed by atoms with Crippen LogP contribution in [0.3, 0.4) is 0 Å². The maximum Gasteiger partial charge on any atom is 0.404 e. The first-order chi connectivity index (χ1) is 15.7. The summed E-state index contributed by atoms with van der Waals surface area (Å²) in [4.78, 5) is 15.7. The lowest BCUT2D eigenvalue weighted by Crippen LogP contribution is -2.28. The van der Waals surface area contributed by atoms with Crippen LogP contribution in [0.25, 0.3) is 10.4 Å². The molecule has 0 unspecified atom stereocenters. The van der Waals surface area contributed by atoms with Gasteiger partial charge in [-0.25, -0.2) is 18.2 Å². The van der Waals surface area contributed by atoms with Crippen LogP contribution in [0.5, 0.6) is 0 Å². The van der Waals surface area contributed by atoms with Crippen LogP contribution in [0.1, 0.15) is 69.7 Å². The Morgan fingerprint density at radius 3 is 2.39 bits per heavy atom. The molecule has 4 N–H and O–H groups in total. The summed E-state index contributed by atoms with van der Waals surface area (Å²) in [6, 6.07) is 5.21. The molecule has 182 valence electrons. The molecule has 1 aromatic carbocycles. The molecule has 1 saturated heterocycles. The number of nitrogens with zero attached hydrogens (tertiary/aromatic N) is 2. The van der Waals surface area contributed by atoms with Crippen LogP contribution in [0.4, 0.5) is 10.5 Å². The van der Waals surface area contributed by atoms with Crippen molar-refractivity contribution in [2.45, 2.75) is 75.7 Å². The highest BCUT2D eigenvalue weighted by Crippen LogP contribution is 2.40. The molecule has 2 fully saturated rings. The minimum Gasteiger partial charge on any atom is -0.447 e. The van der Waals surface area contributed by atoms with Crippen LogP contribution in [-0.2, 0) is 14.8 Å². The number of benzene rings is 1. The molecule has 1 amide bonds.